The van der Waals surface area contributed by atoms with Crippen molar-refractivity contribution >= 4 is 46.5 Å². The quantitative estimate of drug-likeness (QED) is 0.607. The van der Waals surface area contributed by atoms with Crippen LogP contribution in [0.2, 0.25) is 10.0 Å². The van der Waals surface area contributed by atoms with Gasteiger partial charge in [-0.05, 0) is 43.2 Å². The van der Waals surface area contributed by atoms with E-state index in [4.69, 9.17) is 32.4 Å². The van der Waals surface area contributed by atoms with Crippen LogP contribution in [0.4, 0.5) is 0 Å². The highest BCUT2D eigenvalue weighted by Gasteiger charge is 2.11. The number of fused-ring (bicyclic) bond motifs is 1. The Labute approximate surface area is 150 Å². The van der Waals surface area contributed by atoms with Gasteiger partial charge in [0.05, 0.1) is 17.2 Å². The van der Waals surface area contributed by atoms with Gasteiger partial charge in [0.25, 0.3) is 0 Å². The van der Waals surface area contributed by atoms with Gasteiger partial charge in [0, 0.05) is 17.3 Å². The third-order valence-corrected chi connectivity index (χ3v) is 4.36. The minimum Gasteiger partial charge on any atom is -0.481 e. The van der Waals surface area contributed by atoms with Gasteiger partial charge in [0.15, 0.2) is 5.58 Å². The number of hydrogen-bond donors (Lipinski definition) is 0. The summed E-state index contributed by atoms with van der Waals surface area (Å²) in [6.07, 6.45) is 4.51. The second-order valence-electron chi connectivity index (χ2n) is 5.28. The van der Waals surface area contributed by atoms with Crippen molar-refractivity contribution in [1.29, 1.82) is 0 Å². The molecule has 3 aromatic rings. The van der Waals surface area contributed by atoms with Gasteiger partial charge < -0.3 is 9.15 Å². The van der Waals surface area contributed by atoms with E-state index >= 15 is 0 Å². The summed E-state index contributed by atoms with van der Waals surface area (Å²) in [5.74, 6) is 0.980. The van der Waals surface area contributed by atoms with Crippen LogP contribution in [-0.4, -0.2) is 17.1 Å². The molecule has 0 aliphatic rings. The normalized spacial score (nSPS) is 11.5. The monoisotopic (exact) mass is 362 g/mol. The van der Waals surface area contributed by atoms with Crippen molar-refractivity contribution < 1.29 is 9.15 Å². The zero-order valence-corrected chi connectivity index (χ0v) is 15.1. The average Bonchev–Trinajstić information content (AvgIpc) is 3.02. The lowest BCUT2D eigenvalue weighted by molar-refractivity contribution is 0.395. The molecule has 2 aromatic heterocycles. The number of hydrogen-bond acceptors (Lipinski definition) is 4. The summed E-state index contributed by atoms with van der Waals surface area (Å²) in [4.78, 5) is 8.85. The molecule has 4 nitrogen and oxygen atoms in total. The molecule has 6 heteroatoms. The van der Waals surface area contributed by atoms with Gasteiger partial charge in [-0.25, -0.2) is 9.97 Å². The topological polar surface area (TPSA) is 48.2 Å². The first kappa shape index (κ1) is 16.8. The molecule has 0 saturated carbocycles. The molecule has 24 heavy (non-hydrogen) atoms. The molecule has 0 unspecified atom stereocenters. The van der Waals surface area contributed by atoms with Crippen LogP contribution in [0.5, 0.6) is 5.88 Å². The molecule has 0 spiro atoms. The van der Waals surface area contributed by atoms with Crippen LogP contribution in [0.3, 0.4) is 0 Å². The van der Waals surface area contributed by atoms with E-state index in [0.717, 1.165) is 17.7 Å². The first-order valence-electron chi connectivity index (χ1n) is 7.50. The van der Waals surface area contributed by atoms with Crippen LogP contribution in [-0.2, 0) is 6.42 Å². The lowest BCUT2D eigenvalue weighted by Gasteiger charge is -2.08. The fourth-order valence-electron chi connectivity index (χ4n) is 2.48. The second-order valence-corrected chi connectivity index (χ2v) is 6.09. The van der Waals surface area contributed by atoms with E-state index in [9.17, 15) is 0 Å². The summed E-state index contributed by atoms with van der Waals surface area (Å²) < 4.78 is 11.0. The van der Waals surface area contributed by atoms with Gasteiger partial charge in [-0.2, -0.15) is 0 Å². The van der Waals surface area contributed by atoms with E-state index in [0.29, 0.717) is 32.9 Å². The summed E-state index contributed by atoms with van der Waals surface area (Å²) in [6, 6.07) is 5.44. The van der Waals surface area contributed by atoms with E-state index in [1.807, 2.05) is 13.0 Å². The third-order valence-electron chi connectivity index (χ3n) is 3.75. The lowest BCUT2D eigenvalue weighted by Crippen LogP contribution is -1.97. The van der Waals surface area contributed by atoms with Crippen LogP contribution >= 0.6 is 23.2 Å². The van der Waals surface area contributed by atoms with Gasteiger partial charge in [0.2, 0.25) is 11.8 Å². The zero-order valence-electron chi connectivity index (χ0n) is 13.6. The largest absolute Gasteiger partial charge is 0.481 e. The molecule has 0 amide bonds. The number of pyridine rings is 1. The molecule has 0 radical (unpaired) electrons. The molecule has 3 rings (SSSR count). The van der Waals surface area contributed by atoms with Crippen molar-refractivity contribution in [1.82, 2.24) is 9.97 Å². The van der Waals surface area contributed by atoms with Crippen molar-refractivity contribution in [2.24, 2.45) is 0 Å². The maximum absolute atomic E-state index is 6.13. The number of halogens is 2. The zero-order chi connectivity index (χ0) is 17.3. The Balaban J connectivity index is 2.02. The van der Waals surface area contributed by atoms with E-state index in [1.54, 1.807) is 25.3 Å². The number of methoxy groups -OCH3 is 1. The number of aromatic nitrogens is 2. The Morgan fingerprint density at radius 3 is 2.58 bits per heavy atom. The van der Waals surface area contributed by atoms with Crippen molar-refractivity contribution in [3.63, 3.8) is 0 Å². The maximum Gasteiger partial charge on any atom is 0.220 e. The van der Waals surface area contributed by atoms with Gasteiger partial charge in [-0.3, -0.25) is 0 Å². The Bertz CT molecular complexity index is 893. The molecule has 0 aliphatic heterocycles. The number of benzene rings is 1. The molecular weight excluding hydrogens is 347 g/mol. The number of aryl methyl sites for hydroxylation is 2. The third kappa shape index (κ3) is 3.12. The minimum absolute atomic E-state index is 0.417. The molecule has 0 fully saturated rings. The lowest BCUT2D eigenvalue weighted by atomic mass is 10.1. The summed E-state index contributed by atoms with van der Waals surface area (Å²) in [5, 5.41) is 0.977. The Morgan fingerprint density at radius 1 is 1.17 bits per heavy atom. The van der Waals surface area contributed by atoms with Gasteiger partial charge in [-0.15, -0.1) is 0 Å². The van der Waals surface area contributed by atoms with Crippen LogP contribution in [0.25, 0.3) is 23.3 Å². The van der Waals surface area contributed by atoms with E-state index in [-0.39, 0.29) is 0 Å². The van der Waals surface area contributed by atoms with Crippen LogP contribution in [0.15, 0.2) is 22.6 Å². The summed E-state index contributed by atoms with van der Waals surface area (Å²) in [7, 11) is 1.60. The number of oxazole rings is 1. The fourth-order valence-corrected chi connectivity index (χ4v) is 2.86. The highest BCUT2D eigenvalue weighted by atomic mass is 35.5. The molecule has 0 bridgehead atoms. The molecule has 0 N–H and O–H groups in total. The summed E-state index contributed by atoms with van der Waals surface area (Å²) >= 11 is 12.2. The summed E-state index contributed by atoms with van der Waals surface area (Å²) in [6.45, 7) is 4.06. The Hall–Kier alpha value is -2.04. The van der Waals surface area contributed by atoms with Crippen LogP contribution in [0, 0.1) is 6.92 Å². The predicted octanol–water partition coefficient (Wildman–Crippen LogP) is 5.58. The van der Waals surface area contributed by atoms with E-state index in [2.05, 4.69) is 23.0 Å². The smallest absolute Gasteiger partial charge is 0.220 e. The fraction of sp³-hybridized carbons (Fsp3) is 0.222. The molecule has 0 atom stereocenters. The highest BCUT2D eigenvalue weighted by molar-refractivity contribution is 6.39. The molecule has 0 saturated heterocycles. The summed E-state index contributed by atoms with van der Waals surface area (Å²) in [5.41, 5.74) is 4.02. The van der Waals surface area contributed by atoms with Gasteiger partial charge in [0.1, 0.15) is 5.52 Å². The number of nitrogens with zero attached hydrogens (tertiary/aromatic N) is 2. The van der Waals surface area contributed by atoms with Crippen molar-refractivity contribution in [3.8, 4) is 5.88 Å². The standard InChI is InChI=1S/C18H16Cl2N2O2/c1-4-11-9-12(18(23-3)21-10(11)2)5-8-15-22-16-13(19)6-7-14(20)17(16)24-15/h5-9H,4H2,1-3H3. The van der Waals surface area contributed by atoms with Crippen molar-refractivity contribution in [3.05, 3.63) is 51.0 Å². The molecule has 1 aromatic carbocycles. The maximum atomic E-state index is 6.13. The number of rotatable bonds is 4. The average molecular weight is 363 g/mol. The first-order valence-corrected chi connectivity index (χ1v) is 8.26. The van der Waals surface area contributed by atoms with Crippen molar-refractivity contribution in [2.45, 2.75) is 20.3 Å². The Morgan fingerprint density at radius 2 is 1.92 bits per heavy atom. The van der Waals surface area contributed by atoms with Gasteiger partial charge >= 0.3 is 0 Å². The highest BCUT2D eigenvalue weighted by Crippen LogP contribution is 2.31. The van der Waals surface area contributed by atoms with Crippen molar-refractivity contribution in [2.75, 3.05) is 7.11 Å². The Kier molecular flexibility index (Phi) is 4.78. The van der Waals surface area contributed by atoms with Gasteiger partial charge in [-0.1, -0.05) is 30.1 Å². The number of ether oxygens (including phenoxy) is 1. The molecule has 2 heterocycles. The second kappa shape index (κ2) is 6.83. The van der Waals surface area contributed by atoms with E-state index in [1.165, 1.54) is 5.56 Å². The first-order chi connectivity index (χ1) is 11.5. The van der Waals surface area contributed by atoms with Crippen LogP contribution in [0.1, 0.15) is 29.6 Å². The van der Waals surface area contributed by atoms with Crippen LogP contribution < -0.4 is 4.74 Å². The SMILES string of the molecule is CCc1cc(C=Cc2nc3c(Cl)ccc(Cl)c3o2)c(OC)nc1C. The van der Waals surface area contributed by atoms with E-state index < -0.39 is 0 Å². The molecular formula is C18H16Cl2N2O2. The predicted molar refractivity (Wildman–Crippen MR) is 97.9 cm³/mol. The molecule has 124 valence electrons. The minimum atomic E-state index is 0.417. The molecule has 0 aliphatic carbocycles.